The molecule has 0 unspecified atom stereocenters. The van der Waals surface area contributed by atoms with Crippen molar-refractivity contribution in [3.8, 4) is 11.1 Å². The molecule has 1 aromatic carbocycles. The van der Waals surface area contributed by atoms with Crippen molar-refractivity contribution in [3.63, 3.8) is 0 Å². The number of benzene rings is 1. The van der Waals surface area contributed by atoms with Gasteiger partial charge >= 0.3 is 11.8 Å². The molecule has 11 nitrogen and oxygen atoms in total. The van der Waals surface area contributed by atoms with Crippen LogP contribution in [-0.4, -0.2) is 70.1 Å². The van der Waals surface area contributed by atoms with Gasteiger partial charge in [-0.05, 0) is 30.5 Å². The summed E-state index contributed by atoms with van der Waals surface area (Å²) >= 11 is 0. The van der Waals surface area contributed by atoms with Gasteiger partial charge in [0.05, 0.1) is 27.7 Å². The van der Waals surface area contributed by atoms with Crippen LogP contribution in [0.2, 0.25) is 0 Å². The molecule has 188 valence electrons. The third-order valence-electron chi connectivity index (χ3n) is 8.66. The van der Waals surface area contributed by atoms with Crippen molar-refractivity contribution in [2.75, 3.05) is 43.0 Å². The standard InChI is InChI=1S/C26H24N6O5/c1-29-20-10-27-18-4-3-15(7-17(18)21(20)26(23(29)33)5-2-6-26)16-8-19(32(36)37)22(28-9-16)30-11-25(12-30)13-31(14-25)24(34)35/h3-4,7-10H,2,5-6,11-14H2,1H3,(H,34,35). The maximum atomic E-state index is 13.1. The van der Waals surface area contributed by atoms with E-state index in [0.717, 1.165) is 47.0 Å². The summed E-state index contributed by atoms with van der Waals surface area (Å²) in [6.45, 7) is 1.97. The summed E-state index contributed by atoms with van der Waals surface area (Å²) in [7, 11) is 1.79. The van der Waals surface area contributed by atoms with Gasteiger partial charge in [-0.2, -0.15) is 0 Å². The number of nitrogens with zero attached hydrogens (tertiary/aromatic N) is 6. The summed E-state index contributed by atoms with van der Waals surface area (Å²) in [5, 5.41) is 22.0. The van der Waals surface area contributed by atoms with Gasteiger partial charge in [0.25, 0.3) is 0 Å². The number of pyridine rings is 2. The SMILES string of the molecule is CN1C(=O)C2(CCC2)c2c1cnc1ccc(-c3cnc(N4CC5(CN(C(=O)O)C5)C4)c([N+](=O)[O-])c3)cc21. The van der Waals surface area contributed by atoms with E-state index in [1.165, 1.54) is 4.90 Å². The molecular formula is C26H24N6O5. The summed E-state index contributed by atoms with van der Waals surface area (Å²) in [6.07, 6.45) is 5.11. The van der Waals surface area contributed by atoms with E-state index in [0.29, 0.717) is 37.6 Å². The predicted octanol–water partition coefficient (Wildman–Crippen LogP) is 3.40. The first-order chi connectivity index (χ1) is 17.7. The van der Waals surface area contributed by atoms with E-state index in [1.807, 2.05) is 23.1 Å². The zero-order chi connectivity index (χ0) is 25.7. The molecule has 5 heterocycles. The molecule has 3 aromatic rings. The van der Waals surface area contributed by atoms with Gasteiger partial charge in [-0.25, -0.2) is 9.78 Å². The van der Waals surface area contributed by atoms with Gasteiger partial charge in [-0.3, -0.25) is 19.9 Å². The van der Waals surface area contributed by atoms with E-state index in [1.54, 1.807) is 30.4 Å². The first kappa shape index (κ1) is 22.0. The quantitative estimate of drug-likeness (QED) is 0.427. The van der Waals surface area contributed by atoms with Crippen LogP contribution in [0.15, 0.2) is 36.7 Å². The van der Waals surface area contributed by atoms with Crippen molar-refractivity contribution >= 4 is 40.1 Å². The molecule has 2 aromatic heterocycles. The number of carboxylic acid groups (broad SMARTS) is 1. The topological polar surface area (TPSA) is 133 Å². The molecule has 0 bridgehead atoms. The van der Waals surface area contributed by atoms with Crippen LogP contribution in [0.25, 0.3) is 22.0 Å². The maximum Gasteiger partial charge on any atom is 0.407 e. The van der Waals surface area contributed by atoms with Crippen LogP contribution in [0.3, 0.4) is 0 Å². The number of fused-ring (bicyclic) bond motifs is 4. The number of likely N-dealkylation sites (tertiary alicyclic amines) is 1. The number of carbonyl (C=O) groups excluding carboxylic acids is 1. The molecule has 1 N–H and O–H groups in total. The van der Waals surface area contributed by atoms with Crippen molar-refractivity contribution in [1.82, 2.24) is 14.9 Å². The fourth-order valence-electron chi connectivity index (χ4n) is 6.64. The minimum absolute atomic E-state index is 0.0800. The Hall–Kier alpha value is -4.28. The van der Waals surface area contributed by atoms with E-state index in [-0.39, 0.29) is 17.0 Å². The van der Waals surface area contributed by atoms with Gasteiger partial charge in [-0.15, -0.1) is 0 Å². The highest BCUT2D eigenvalue weighted by Gasteiger charge is 2.55. The second kappa shape index (κ2) is 7.15. The number of rotatable bonds is 3. The predicted molar refractivity (Wildman–Crippen MR) is 135 cm³/mol. The van der Waals surface area contributed by atoms with Crippen molar-refractivity contribution in [2.24, 2.45) is 5.41 Å². The molecule has 7 rings (SSSR count). The molecule has 1 saturated carbocycles. The fraction of sp³-hybridized carbons (Fsp3) is 0.385. The molecule has 0 radical (unpaired) electrons. The number of hydrogen-bond donors (Lipinski definition) is 1. The number of aromatic nitrogens is 2. The summed E-state index contributed by atoms with van der Waals surface area (Å²) in [6, 6.07) is 7.29. The number of anilines is 2. The van der Waals surface area contributed by atoms with E-state index in [9.17, 15) is 19.7 Å². The van der Waals surface area contributed by atoms with Crippen molar-refractivity contribution in [1.29, 1.82) is 0 Å². The Bertz CT molecular complexity index is 1540. The Morgan fingerprint density at radius 3 is 2.49 bits per heavy atom. The van der Waals surface area contributed by atoms with Gasteiger partial charge in [0.2, 0.25) is 11.7 Å². The normalized spacial score (nSPS) is 20.6. The molecule has 4 aliphatic rings. The number of nitro groups is 1. The van der Waals surface area contributed by atoms with E-state index in [4.69, 9.17) is 5.11 Å². The molecule has 0 atom stereocenters. The molecule has 2 spiro atoms. The van der Waals surface area contributed by atoms with Gasteiger partial charge in [0.1, 0.15) is 0 Å². The Morgan fingerprint density at radius 2 is 1.84 bits per heavy atom. The summed E-state index contributed by atoms with van der Waals surface area (Å²) in [4.78, 5) is 49.8. The minimum Gasteiger partial charge on any atom is -0.465 e. The lowest BCUT2D eigenvalue weighted by atomic mass is 9.64. The Labute approximate surface area is 211 Å². The second-order valence-corrected chi connectivity index (χ2v) is 10.9. The first-order valence-corrected chi connectivity index (χ1v) is 12.3. The molecule has 2 saturated heterocycles. The lowest BCUT2D eigenvalue weighted by molar-refractivity contribution is -0.384. The largest absolute Gasteiger partial charge is 0.465 e. The molecule has 3 fully saturated rings. The van der Waals surface area contributed by atoms with Crippen molar-refractivity contribution < 1.29 is 19.6 Å². The highest BCUT2D eigenvalue weighted by molar-refractivity contribution is 6.13. The number of hydrogen-bond acceptors (Lipinski definition) is 7. The van der Waals surface area contributed by atoms with Crippen molar-refractivity contribution in [3.05, 3.63) is 52.3 Å². The van der Waals surface area contributed by atoms with Gasteiger partial charge < -0.3 is 19.8 Å². The molecule has 37 heavy (non-hydrogen) atoms. The second-order valence-electron chi connectivity index (χ2n) is 10.9. The van der Waals surface area contributed by atoms with Crippen LogP contribution < -0.4 is 9.80 Å². The third-order valence-corrected chi connectivity index (χ3v) is 8.66. The number of amides is 2. The van der Waals surface area contributed by atoms with Crippen LogP contribution in [0, 0.1) is 15.5 Å². The minimum atomic E-state index is -0.937. The van der Waals surface area contributed by atoms with Crippen LogP contribution in [0.5, 0.6) is 0 Å². The zero-order valence-electron chi connectivity index (χ0n) is 20.2. The highest BCUT2D eigenvalue weighted by Crippen LogP contribution is 2.55. The molecule has 11 heteroatoms. The van der Waals surface area contributed by atoms with Gasteiger partial charge in [-0.1, -0.05) is 12.5 Å². The number of carbonyl (C=O) groups is 2. The third kappa shape index (κ3) is 2.87. The Balaban J connectivity index is 1.24. The first-order valence-electron chi connectivity index (χ1n) is 12.3. The van der Waals surface area contributed by atoms with Crippen LogP contribution in [-0.2, 0) is 10.2 Å². The fourth-order valence-corrected chi connectivity index (χ4v) is 6.64. The van der Waals surface area contributed by atoms with E-state index < -0.39 is 16.4 Å². The van der Waals surface area contributed by atoms with Crippen LogP contribution in [0.1, 0.15) is 24.8 Å². The average molecular weight is 501 g/mol. The summed E-state index contributed by atoms with van der Waals surface area (Å²) < 4.78 is 0. The monoisotopic (exact) mass is 500 g/mol. The zero-order valence-corrected chi connectivity index (χ0v) is 20.2. The van der Waals surface area contributed by atoms with Crippen molar-refractivity contribution in [2.45, 2.75) is 24.7 Å². The average Bonchev–Trinajstić information content (AvgIpc) is 3.04. The van der Waals surface area contributed by atoms with E-state index in [2.05, 4.69) is 9.97 Å². The lowest BCUT2D eigenvalue weighted by Gasteiger charge is -2.59. The molecule has 3 aliphatic heterocycles. The molecular weight excluding hydrogens is 476 g/mol. The van der Waals surface area contributed by atoms with Crippen LogP contribution >= 0.6 is 0 Å². The highest BCUT2D eigenvalue weighted by atomic mass is 16.6. The maximum absolute atomic E-state index is 13.1. The summed E-state index contributed by atoms with van der Waals surface area (Å²) in [5.74, 6) is 0.414. The lowest BCUT2D eigenvalue weighted by Crippen LogP contribution is -2.73. The Morgan fingerprint density at radius 1 is 1.08 bits per heavy atom. The molecule has 1 aliphatic carbocycles. The van der Waals surface area contributed by atoms with Gasteiger partial charge in [0.15, 0.2) is 0 Å². The summed E-state index contributed by atoms with van der Waals surface area (Å²) in [5.41, 5.74) is 3.31. The van der Waals surface area contributed by atoms with Crippen LogP contribution in [0.4, 0.5) is 22.0 Å². The Kier molecular flexibility index (Phi) is 4.24. The number of likely N-dealkylation sites (N-methyl/N-ethyl adjacent to an activating group) is 1. The smallest absolute Gasteiger partial charge is 0.407 e. The van der Waals surface area contributed by atoms with E-state index >= 15 is 0 Å². The molecule has 2 amide bonds. The van der Waals surface area contributed by atoms with Gasteiger partial charge in [0, 0.05) is 67.4 Å².